The number of nitrogens with one attached hydrogen (secondary N) is 2. The van der Waals surface area contributed by atoms with Gasteiger partial charge in [-0.15, -0.1) is 0 Å². The number of halogens is 1. The van der Waals surface area contributed by atoms with E-state index in [0.29, 0.717) is 5.02 Å². The molecule has 0 unspecified atom stereocenters. The number of benzene rings is 2. The maximum atomic E-state index is 12.8. The van der Waals surface area contributed by atoms with Crippen LogP contribution in [0.1, 0.15) is 5.56 Å². The summed E-state index contributed by atoms with van der Waals surface area (Å²) in [4.78, 5) is 14.0. The van der Waals surface area contributed by atoms with Crippen molar-refractivity contribution in [1.29, 1.82) is 0 Å². The number of aromatic nitrogens is 1. The number of nitro groups is 1. The van der Waals surface area contributed by atoms with Gasteiger partial charge >= 0.3 is 0 Å². The van der Waals surface area contributed by atoms with Gasteiger partial charge in [0, 0.05) is 35.2 Å². The van der Waals surface area contributed by atoms with Crippen LogP contribution in [0, 0.1) is 10.1 Å². The number of hydrogen-bond donors (Lipinski definition) is 2. The molecule has 0 bridgehead atoms. The number of sulfonamides is 1. The van der Waals surface area contributed by atoms with Gasteiger partial charge < -0.3 is 0 Å². The molecule has 0 atom stereocenters. The van der Waals surface area contributed by atoms with Crippen LogP contribution in [0.3, 0.4) is 0 Å². The molecule has 3 rings (SSSR count). The van der Waals surface area contributed by atoms with E-state index in [2.05, 4.69) is 20.2 Å². The first kappa shape index (κ1) is 20.2. The normalized spacial score (nSPS) is 11.3. The fourth-order valence-corrected chi connectivity index (χ4v) is 3.65. The molecular weight excluding hydrogens is 418 g/mol. The predicted molar refractivity (Wildman–Crippen MR) is 111 cm³/mol. The quantitative estimate of drug-likeness (QED) is 0.332. The van der Waals surface area contributed by atoms with Gasteiger partial charge in [-0.2, -0.15) is 5.10 Å². The molecule has 0 saturated heterocycles. The van der Waals surface area contributed by atoms with E-state index in [-0.39, 0.29) is 22.0 Å². The van der Waals surface area contributed by atoms with Crippen LogP contribution < -0.4 is 10.1 Å². The second-order valence-corrected chi connectivity index (χ2v) is 7.79. The highest BCUT2D eigenvalue weighted by Crippen LogP contribution is 2.28. The molecule has 0 fully saturated rings. The maximum absolute atomic E-state index is 12.8. The van der Waals surface area contributed by atoms with Crippen molar-refractivity contribution in [3.63, 3.8) is 0 Å². The summed E-state index contributed by atoms with van der Waals surface area (Å²) in [5, 5.41) is 15.5. The van der Waals surface area contributed by atoms with Gasteiger partial charge in [-0.25, -0.2) is 8.42 Å². The molecule has 3 aromatic rings. The molecule has 2 N–H and O–H groups in total. The summed E-state index contributed by atoms with van der Waals surface area (Å²) in [5.74, 6) is 0. The number of nitrogens with zero attached hydrogens (tertiary/aromatic N) is 3. The lowest BCUT2D eigenvalue weighted by Gasteiger charge is -2.12. The van der Waals surface area contributed by atoms with Gasteiger partial charge in [0.15, 0.2) is 0 Å². The van der Waals surface area contributed by atoms with Gasteiger partial charge in [-0.05, 0) is 48.0 Å². The molecule has 11 heteroatoms. The van der Waals surface area contributed by atoms with Crippen LogP contribution in [-0.4, -0.2) is 24.5 Å². The Labute approximate surface area is 171 Å². The van der Waals surface area contributed by atoms with Crippen molar-refractivity contribution in [1.82, 2.24) is 4.98 Å². The van der Waals surface area contributed by atoms with Gasteiger partial charge in [0.25, 0.3) is 15.7 Å². The zero-order valence-electron chi connectivity index (χ0n) is 14.7. The minimum Gasteiger partial charge on any atom is -0.280 e. The average Bonchev–Trinajstić information content (AvgIpc) is 2.70. The Kier molecular flexibility index (Phi) is 6.05. The van der Waals surface area contributed by atoms with Crippen LogP contribution in [-0.2, 0) is 10.0 Å². The highest BCUT2D eigenvalue weighted by molar-refractivity contribution is 7.92. The predicted octanol–water partition coefficient (Wildman–Crippen LogP) is 3.89. The summed E-state index contributed by atoms with van der Waals surface area (Å²) in [6.45, 7) is 0. The lowest BCUT2D eigenvalue weighted by molar-refractivity contribution is -0.385. The number of rotatable bonds is 7. The van der Waals surface area contributed by atoms with Crippen LogP contribution in [0.2, 0.25) is 5.02 Å². The number of non-ortho nitro benzene ring substituents is 1. The standard InChI is InChI=1S/C18H14ClN5O4S/c19-14-1-3-15(4-2-14)23-29(27,28)18-11-16(24(25)26)5-6-17(18)22-21-12-13-7-9-20-10-8-13/h1-12,22-23H/b21-12+. The smallest absolute Gasteiger partial charge is 0.270 e. The Hall–Kier alpha value is -3.50. The van der Waals surface area contributed by atoms with Gasteiger partial charge in [0.1, 0.15) is 4.90 Å². The molecule has 0 radical (unpaired) electrons. The minimum atomic E-state index is -4.15. The molecule has 2 aromatic carbocycles. The number of nitro benzene ring substituents is 1. The second-order valence-electron chi connectivity index (χ2n) is 5.70. The maximum Gasteiger partial charge on any atom is 0.270 e. The molecule has 0 aliphatic carbocycles. The highest BCUT2D eigenvalue weighted by Gasteiger charge is 2.22. The van der Waals surface area contributed by atoms with E-state index in [9.17, 15) is 18.5 Å². The lowest BCUT2D eigenvalue weighted by atomic mass is 10.3. The van der Waals surface area contributed by atoms with E-state index in [0.717, 1.165) is 11.6 Å². The first-order chi connectivity index (χ1) is 13.8. The molecule has 0 amide bonds. The lowest BCUT2D eigenvalue weighted by Crippen LogP contribution is -2.15. The van der Waals surface area contributed by atoms with Crippen LogP contribution in [0.15, 0.2) is 77.0 Å². The average molecular weight is 432 g/mol. The van der Waals surface area contributed by atoms with E-state index < -0.39 is 14.9 Å². The third-order valence-corrected chi connectivity index (χ3v) is 5.34. The molecule has 0 spiro atoms. The third kappa shape index (κ3) is 5.27. The highest BCUT2D eigenvalue weighted by atomic mass is 35.5. The van der Waals surface area contributed by atoms with Crippen molar-refractivity contribution in [2.45, 2.75) is 4.90 Å². The SMILES string of the molecule is O=[N+]([O-])c1ccc(N/N=C/c2ccncc2)c(S(=O)(=O)Nc2ccc(Cl)cc2)c1. The summed E-state index contributed by atoms with van der Waals surface area (Å²) < 4.78 is 28.1. The summed E-state index contributed by atoms with van der Waals surface area (Å²) in [6.07, 6.45) is 4.63. The fourth-order valence-electron chi connectivity index (χ4n) is 2.29. The van der Waals surface area contributed by atoms with E-state index in [1.807, 2.05) is 0 Å². The largest absolute Gasteiger partial charge is 0.280 e. The van der Waals surface area contributed by atoms with E-state index in [1.165, 1.54) is 42.6 Å². The molecule has 29 heavy (non-hydrogen) atoms. The minimum absolute atomic E-state index is 0.0716. The van der Waals surface area contributed by atoms with Gasteiger partial charge in [-0.3, -0.25) is 25.2 Å². The van der Waals surface area contributed by atoms with Crippen molar-refractivity contribution in [2.75, 3.05) is 10.1 Å². The van der Waals surface area contributed by atoms with Crippen molar-refractivity contribution < 1.29 is 13.3 Å². The van der Waals surface area contributed by atoms with Gasteiger partial charge in [0.05, 0.1) is 16.8 Å². The van der Waals surface area contributed by atoms with Crippen molar-refractivity contribution >= 4 is 44.9 Å². The van der Waals surface area contributed by atoms with E-state index in [1.54, 1.807) is 24.5 Å². The van der Waals surface area contributed by atoms with Crippen LogP contribution >= 0.6 is 11.6 Å². The Morgan fingerprint density at radius 1 is 1.07 bits per heavy atom. The first-order valence-electron chi connectivity index (χ1n) is 8.11. The topological polar surface area (TPSA) is 127 Å². The molecule has 148 valence electrons. The van der Waals surface area contributed by atoms with Crippen molar-refractivity contribution in [3.05, 3.63) is 87.7 Å². The summed E-state index contributed by atoms with van der Waals surface area (Å²) >= 11 is 5.81. The number of hydrazone groups is 1. The number of anilines is 2. The second kappa shape index (κ2) is 8.67. The molecule has 0 aliphatic heterocycles. The molecule has 0 aliphatic rings. The number of hydrogen-bond acceptors (Lipinski definition) is 7. The van der Waals surface area contributed by atoms with E-state index in [4.69, 9.17) is 11.6 Å². The van der Waals surface area contributed by atoms with Gasteiger partial charge in [-0.1, -0.05) is 11.6 Å². The zero-order valence-corrected chi connectivity index (χ0v) is 16.3. The van der Waals surface area contributed by atoms with Crippen molar-refractivity contribution in [3.8, 4) is 0 Å². The van der Waals surface area contributed by atoms with E-state index >= 15 is 0 Å². The number of pyridine rings is 1. The van der Waals surface area contributed by atoms with Crippen LogP contribution in [0.5, 0.6) is 0 Å². The van der Waals surface area contributed by atoms with Gasteiger partial charge in [0.2, 0.25) is 0 Å². The Balaban J connectivity index is 1.93. The molecule has 1 aromatic heterocycles. The molecular formula is C18H14ClN5O4S. The first-order valence-corrected chi connectivity index (χ1v) is 9.97. The van der Waals surface area contributed by atoms with Crippen LogP contribution in [0.25, 0.3) is 0 Å². The Morgan fingerprint density at radius 3 is 2.41 bits per heavy atom. The molecule has 0 saturated carbocycles. The Morgan fingerprint density at radius 2 is 1.76 bits per heavy atom. The van der Waals surface area contributed by atoms with Crippen molar-refractivity contribution in [2.24, 2.45) is 5.10 Å². The fraction of sp³-hybridized carbons (Fsp3) is 0. The molecule has 1 heterocycles. The molecule has 9 nitrogen and oxygen atoms in total. The summed E-state index contributed by atoms with van der Waals surface area (Å²) in [7, 11) is -4.15. The third-order valence-electron chi connectivity index (χ3n) is 3.67. The monoisotopic (exact) mass is 431 g/mol. The van der Waals surface area contributed by atoms with Crippen LogP contribution in [0.4, 0.5) is 17.1 Å². The summed E-state index contributed by atoms with van der Waals surface area (Å²) in [5.41, 5.74) is 3.31. The Bertz CT molecular complexity index is 1150. The summed E-state index contributed by atoms with van der Waals surface area (Å²) in [6, 6.07) is 12.8. The zero-order chi connectivity index (χ0) is 20.9.